The summed E-state index contributed by atoms with van der Waals surface area (Å²) in [7, 11) is 0. The molecule has 0 fully saturated rings. The van der Waals surface area contributed by atoms with Crippen molar-refractivity contribution in [2.75, 3.05) is 0 Å². The van der Waals surface area contributed by atoms with E-state index in [0.29, 0.717) is 0 Å². The summed E-state index contributed by atoms with van der Waals surface area (Å²) in [5.41, 5.74) is 7.64. The molecule has 0 aliphatic heterocycles. The Bertz CT molecular complexity index is 1570. The van der Waals surface area contributed by atoms with Crippen LogP contribution in [0.4, 0.5) is 0 Å². The molecule has 6 rings (SSSR count). The van der Waals surface area contributed by atoms with Gasteiger partial charge < -0.3 is 0 Å². The number of hydrogen-bond donors (Lipinski definition) is 0. The Morgan fingerprint density at radius 1 is 0.484 bits per heavy atom. The van der Waals surface area contributed by atoms with E-state index in [9.17, 15) is 0 Å². The van der Waals surface area contributed by atoms with Crippen molar-refractivity contribution < 1.29 is 0 Å². The average Bonchev–Trinajstić information content (AvgIpc) is 2.84. The van der Waals surface area contributed by atoms with Gasteiger partial charge in [0.1, 0.15) is 0 Å². The summed E-state index contributed by atoms with van der Waals surface area (Å²) < 4.78 is 0. The van der Waals surface area contributed by atoms with E-state index in [1.54, 1.807) is 0 Å². The molecule has 2 heteroatoms. The van der Waals surface area contributed by atoms with Crippen LogP contribution in [-0.4, -0.2) is 9.97 Å². The van der Waals surface area contributed by atoms with Crippen molar-refractivity contribution in [3.63, 3.8) is 0 Å². The molecule has 0 bridgehead atoms. The normalized spacial score (nSPS) is 11.4. The highest BCUT2D eigenvalue weighted by Crippen LogP contribution is 2.37. The quantitative estimate of drug-likeness (QED) is 0.282. The predicted octanol–water partition coefficient (Wildman–Crippen LogP) is 7.58. The molecule has 0 N–H and O–H groups in total. The maximum Gasteiger partial charge on any atom is 0.0975 e. The van der Waals surface area contributed by atoms with Gasteiger partial charge in [-0.15, -0.1) is 0 Å². The zero-order valence-corrected chi connectivity index (χ0v) is 17.2. The zero-order valence-electron chi connectivity index (χ0n) is 17.2. The Labute approximate surface area is 180 Å². The molecule has 1 heterocycles. The number of fused-ring (bicyclic) bond motifs is 6. The Kier molecular flexibility index (Phi) is 4.03. The molecule has 0 saturated carbocycles. The van der Waals surface area contributed by atoms with Crippen LogP contribution in [0.15, 0.2) is 103 Å². The van der Waals surface area contributed by atoms with Gasteiger partial charge in [-0.25, -0.2) is 4.98 Å². The molecule has 1 aromatic heterocycles. The van der Waals surface area contributed by atoms with E-state index in [1.807, 2.05) is 25.3 Å². The summed E-state index contributed by atoms with van der Waals surface area (Å²) in [5, 5.41) is 4.71. The maximum atomic E-state index is 4.93. The van der Waals surface area contributed by atoms with Gasteiger partial charge in [-0.3, -0.25) is 4.98 Å². The summed E-state index contributed by atoms with van der Waals surface area (Å²) >= 11 is 0. The van der Waals surface area contributed by atoms with Gasteiger partial charge in [0.15, 0.2) is 0 Å². The fourth-order valence-electron chi connectivity index (χ4n) is 4.43. The molecule has 0 aliphatic carbocycles. The number of benzene rings is 5. The summed E-state index contributed by atoms with van der Waals surface area (Å²) in [4.78, 5) is 9.76. The van der Waals surface area contributed by atoms with Crippen molar-refractivity contribution >= 4 is 32.6 Å². The van der Waals surface area contributed by atoms with Gasteiger partial charge in [-0.05, 0) is 52.1 Å². The Balaban J connectivity index is 1.71. The van der Waals surface area contributed by atoms with Crippen molar-refractivity contribution in [1.29, 1.82) is 0 Å². The molecule has 6 aromatic rings. The highest BCUT2D eigenvalue weighted by atomic mass is 14.8. The molecular formula is C29H20N2. The lowest BCUT2D eigenvalue weighted by Crippen LogP contribution is -1.92. The standard InChI is InChI=1S/C29H20N2/c1-19-18-30-28-26-16-22(20-8-4-2-5-9-20)12-14-24(26)25-15-13-23(17-27(25)29(28)31-19)21-10-6-3-7-11-21/h2-18H,1H3. The van der Waals surface area contributed by atoms with Crippen LogP contribution < -0.4 is 0 Å². The molecule has 0 spiro atoms. The molecule has 5 aromatic carbocycles. The lowest BCUT2D eigenvalue weighted by atomic mass is 9.93. The van der Waals surface area contributed by atoms with Crippen molar-refractivity contribution in [2.45, 2.75) is 6.92 Å². The van der Waals surface area contributed by atoms with Crippen LogP contribution >= 0.6 is 0 Å². The minimum Gasteiger partial charge on any atom is -0.252 e. The van der Waals surface area contributed by atoms with Gasteiger partial charge in [-0.2, -0.15) is 0 Å². The van der Waals surface area contributed by atoms with Crippen LogP contribution in [-0.2, 0) is 0 Å². The fourth-order valence-corrected chi connectivity index (χ4v) is 4.43. The molecular weight excluding hydrogens is 376 g/mol. The fraction of sp³-hybridized carbons (Fsp3) is 0.0345. The monoisotopic (exact) mass is 396 g/mol. The van der Waals surface area contributed by atoms with E-state index in [2.05, 4.69) is 84.9 Å². The largest absolute Gasteiger partial charge is 0.252 e. The minimum absolute atomic E-state index is 0.928. The predicted molar refractivity (Wildman–Crippen MR) is 130 cm³/mol. The topological polar surface area (TPSA) is 25.8 Å². The highest BCUT2D eigenvalue weighted by molar-refractivity contribution is 6.24. The summed E-state index contributed by atoms with van der Waals surface area (Å²) in [6.07, 6.45) is 1.86. The van der Waals surface area contributed by atoms with E-state index in [0.717, 1.165) is 27.5 Å². The van der Waals surface area contributed by atoms with Gasteiger partial charge in [0.25, 0.3) is 0 Å². The van der Waals surface area contributed by atoms with E-state index >= 15 is 0 Å². The summed E-state index contributed by atoms with van der Waals surface area (Å²) in [6, 6.07) is 34.4. The van der Waals surface area contributed by atoms with Crippen LogP contribution in [0.1, 0.15) is 5.69 Å². The third-order valence-corrected chi connectivity index (χ3v) is 5.95. The van der Waals surface area contributed by atoms with E-state index in [1.165, 1.54) is 33.0 Å². The lowest BCUT2D eigenvalue weighted by molar-refractivity contribution is 1.19. The second-order valence-electron chi connectivity index (χ2n) is 7.96. The summed E-state index contributed by atoms with van der Waals surface area (Å²) in [5.74, 6) is 0. The van der Waals surface area contributed by atoms with E-state index in [-0.39, 0.29) is 0 Å². The van der Waals surface area contributed by atoms with Crippen molar-refractivity contribution in [2.24, 2.45) is 0 Å². The number of aryl methyl sites for hydroxylation is 1. The average molecular weight is 396 g/mol. The Morgan fingerprint density at radius 3 is 1.55 bits per heavy atom. The molecule has 2 nitrogen and oxygen atoms in total. The third-order valence-electron chi connectivity index (χ3n) is 5.95. The number of nitrogens with zero attached hydrogens (tertiary/aromatic N) is 2. The first kappa shape index (κ1) is 17.8. The van der Waals surface area contributed by atoms with Crippen LogP contribution in [0.5, 0.6) is 0 Å². The summed E-state index contributed by atoms with van der Waals surface area (Å²) in [6.45, 7) is 2.00. The lowest BCUT2D eigenvalue weighted by Gasteiger charge is -2.13. The number of hydrogen-bond acceptors (Lipinski definition) is 2. The Morgan fingerprint density at radius 2 is 1.00 bits per heavy atom. The minimum atomic E-state index is 0.928. The molecule has 0 aliphatic rings. The Hall–Kier alpha value is -4.04. The van der Waals surface area contributed by atoms with Crippen LogP contribution in [0, 0.1) is 6.92 Å². The second kappa shape index (κ2) is 7.03. The highest BCUT2D eigenvalue weighted by Gasteiger charge is 2.13. The van der Waals surface area contributed by atoms with Crippen molar-refractivity contribution in [3.05, 3.63) is 109 Å². The maximum absolute atomic E-state index is 4.93. The smallest absolute Gasteiger partial charge is 0.0975 e. The molecule has 0 radical (unpaired) electrons. The molecule has 0 atom stereocenters. The van der Waals surface area contributed by atoms with Gasteiger partial charge in [0.05, 0.1) is 16.7 Å². The van der Waals surface area contributed by atoms with Gasteiger partial charge >= 0.3 is 0 Å². The third kappa shape index (κ3) is 2.96. The zero-order chi connectivity index (χ0) is 20.8. The van der Waals surface area contributed by atoms with Crippen LogP contribution in [0.2, 0.25) is 0 Å². The van der Waals surface area contributed by atoms with Gasteiger partial charge in [-0.1, -0.05) is 84.9 Å². The van der Waals surface area contributed by atoms with Crippen molar-refractivity contribution in [1.82, 2.24) is 9.97 Å². The van der Waals surface area contributed by atoms with Crippen LogP contribution in [0.3, 0.4) is 0 Å². The molecule has 146 valence electrons. The van der Waals surface area contributed by atoms with Gasteiger partial charge in [0.2, 0.25) is 0 Å². The first-order chi connectivity index (χ1) is 15.3. The molecule has 0 saturated heterocycles. The molecule has 0 unspecified atom stereocenters. The molecule has 31 heavy (non-hydrogen) atoms. The number of aromatic nitrogens is 2. The first-order valence-electron chi connectivity index (χ1n) is 10.5. The SMILES string of the molecule is Cc1cnc2c3cc(-c4ccccc4)ccc3c3ccc(-c4ccccc4)cc3c2n1. The van der Waals surface area contributed by atoms with Crippen molar-refractivity contribution in [3.8, 4) is 22.3 Å². The first-order valence-corrected chi connectivity index (χ1v) is 10.5. The van der Waals surface area contributed by atoms with Crippen LogP contribution in [0.25, 0.3) is 54.8 Å². The van der Waals surface area contributed by atoms with Gasteiger partial charge in [0, 0.05) is 17.0 Å². The molecule has 0 amide bonds. The number of rotatable bonds is 2. The van der Waals surface area contributed by atoms with E-state index in [4.69, 9.17) is 9.97 Å². The second-order valence-corrected chi connectivity index (χ2v) is 7.96. The van der Waals surface area contributed by atoms with E-state index < -0.39 is 0 Å².